The molecular weight excluding hydrogens is 260 g/mol. The summed E-state index contributed by atoms with van der Waals surface area (Å²) in [6, 6.07) is 4.69. The van der Waals surface area contributed by atoms with E-state index < -0.39 is 4.92 Å². The van der Waals surface area contributed by atoms with Crippen LogP contribution in [-0.4, -0.2) is 30.8 Å². The molecule has 0 bridgehead atoms. The SMILES string of the molecule is CCCNc1cc(OCCOC(C)C)cc([N+](=O)[O-])c1. The zero-order chi connectivity index (χ0) is 15.0. The van der Waals surface area contributed by atoms with Crippen LogP contribution in [0.25, 0.3) is 0 Å². The van der Waals surface area contributed by atoms with Gasteiger partial charge in [0.05, 0.1) is 23.7 Å². The molecule has 0 aliphatic carbocycles. The van der Waals surface area contributed by atoms with Crippen molar-refractivity contribution in [1.82, 2.24) is 0 Å². The Morgan fingerprint density at radius 1 is 1.30 bits per heavy atom. The van der Waals surface area contributed by atoms with E-state index in [2.05, 4.69) is 5.32 Å². The molecule has 0 aliphatic rings. The van der Waals surface area contributed by atoms with E-state index in [9.17, 15) is 10.1 Å². The van der Waals surface area contributed by atoms with Crippen molar-refractivity contribution in [2.75, 3.05) is 25.1 Å². The van der Waals surface area contributed by atoms with Crippen LogP contribution in [0, 0.1) is 10.1 Å². The van der Waals surface area contributed by atoms with Crippen LogP contribution in [0.1, 0.15) is 27.2 Å². The summed E-state index contributed by atoms with van der Waals surface area (Å²) in [4.78, 5) is 10.5. The Hall–Kier alpha value is -1.82. The molecule has 0 aliphatic heterocycles. The van der Waals surface area contributed by atoms with Gasteiger partial charge in [-0.1, -0.05) is 6.92 Å². The predicted molar refractivity (Wildman–Crippen MR) is 78.5 cm³/mol. The first-order chi connectivity index (χ1) is 9.52. The first kappa shape index (κ1) is 16.2. The van der Waals surface area contributed by atoms with E-state index in [0.29, 0.717) is 24.7 Å². The number of nitro groups is 1. The van der Waals surface area contributed by atoms with Crippen molar-refractivity contribution in [3.63, 3.8) is 0 Å². The Morgan fingerprint density at radius 2 is 2.05 bits per heavy atom. The molecule has 0 saturated carbocycles. The molecule has 1 N–H and O–H groups in total. The van der Waals surface area contributed by atoms with Crippen molar-refractivity contribution >= 4 is 11.4 Å². The summed E-state index contributed by atoms with van der Waals surface area (Å²) in [5.41, 5.74) is 0.715. The largest absolute Gasteiger partial charge is 0.491 e. The average molecular weight is 282 g/mol. The molecule has 6 heteroatoms. The summed E-state index contributed by atoms with van der Waals surface area (Å²) in [6.07, 6.45) is 1.09. The summed E-state index contributed by atoms with van der Waals surface area (Å²) in [5, 5.41) is 14.0. The number of non-ortho nitro benzene ring substituents is 1. The van der Waals surface area contributed by atoms with Crippen LogP contribution in [0.5, 0.6) is 5.75 Å². The lowest BCUT2D eigenvalue weighted by atomic mass is 10.2. The molecule has 0 aromatic heterocycles. The first-order valence-electron chi connectivity index (χ1n) is 6.80. The standard InChI is InChI=1S/C14H22N2O4/c1-4-5-15-12-8-13(16(17)18)10-14(9-12)20-7-6-19-11(2)3/h8-11,15H,4-7H2,1-3H3. The fourth-order valence-corrected chi connectivity index (χ4v) is 1.59. The highest BCUT2D eigenvalue weighted by molar-refractivity contribution is 5.56. The van der Waals surface area contributed by atoms with E-state index in [1.165, 1.54) is 12.1 Å². The molecule has 20 heavy (non-hydrogen) atoms. The zero-order valence-electron chi connectivity index (χ0n) is 12.2. The molecular formula is C14H22N2O4. The normalized spacial score (nSPS) is 10.6. The van der Waals surface area contributed by atoms with E-state index in [0.717, 1.165) is 13.0 Å². The minimum absolute atomic E-state index is 0.0193. The van der Waals surface area contributed by atoms with Gasteiger partial charge in [-0.15, -0.1) is 0 Å². The van der Waals surface area contributed by atoms with Crippen LogP contribution >= 0.6 is 0 Å². The minimum Gasteiger partial charge on any atom is -0.491 e. The van der Waals surface area contributed by atoms with Crippen LogP contribution in [0.2, 0.25) is 0 Å². The Labute approximate surface area is 119 Å². The molecule has 0 saturated heterocycles. The average Bonchev–Trinajstić information content (AvgIpc) is 2.41. The van der Waals surface area contributed by atoms with Gasteiger partial charge < -0.3 is 14.8 Å². The van der Waals surface area contributed by atoms with Gasteiger partial charge in [-0.05, 0) is 20.3 Å². The molecule has 6 nitrogen and oxygen atoms in total. The second-order valence-corrected chi connectivity index (χ2v) is 4.67. The molecule has 112 valence electrons. The molecule has 0 fully saturated rings. The predicted octanol–water partition coefficient (Wildman–Crippen LogP) is 3.22. The number of hydrogen-bond acceptors (Lipinski definition) is 5. The molecule has 1 aromatic carbocycles. The van der Waals surface area contributed by atoms with E-state index >= 15 is 0 Å². The second kappa shape index (κ2) is 8.37. The lowest BCUT2D eigenvalue weighted by molar-refractivity contribution is -0.384. The highest BCUT2D eigenvalue weighted by atomic mass is 16.6. The Bertz CT molecular complexity index is 435. The van der Waals surface area contributed by atoms with Crippen molar-refractivity contribution in [3.05, 3.63) is 28.3 Å². The minimum atomic E-state index is -0.422. The van der Waals surface area contributed by atoms with Gasteiger partial charge in [0.25, 0.3) is 5.69 Å². The molecule has 0 spiro atoms. The lowest BCUT2D eigenvalue weighted by Gasteiger charge is -2.11. The number of nitro benzene ring substituents is 1. The number of rotatable bonds is 9. The molecule has 0 unspecified atom stereocenters. The van der Waals surface area contributed by atoms with Crippen molar-refractivity contribution in [3.8, 4) is 5.75 Å². The highest BCUT2D eigenvalue weighted by Crippen LogP contribution is 2.26. The number of benzene rings is 1. The number of hydrogen-bond donors (Lipinski definition) is 1. The maximum absolute atomic E-state index is 10.9. The molecule has 0 amide bonds. The summed E-state index contributed by atoms with van der Waals surface area (Å²) >= 11 is 0. The van der Waals surface area contributed by atoms with Crippen LogP contribution in [-0.2, 0) is 4.74 Å². The molecule has 1 rings (SSSR count). The van der Waals surface area contributed by atoms with E-state index in [-0.39, 0.29) is 11.8 Å². The van der Waals surface area contributed by atoms with Crippen LogP contribution in [0.3, 0.4) is 0 Å². The van der Waals surface area contributed by atoms with Crippen LogP contribution in [0.4, 0.5) is 11.4 Å². The van der Waals surface area contributed by atoms with E-state index in [1.54, 1.807) is 6.07 Å². The molecule has 0 radical (unpaired) electrons. The van der Waals surface area contributed by atoms with Gasteiger partial charge in [-0.25, -0.2) is 0 Å². The van der Waals surface area contributed by atoms with Crippen molar-refractivity contribution in [1.29, 1.82) is 0 Å². The Balaban J connectivity index is 2.67. The first-order valence-corrected chi connectivity index (χ1v) is 6.80. The fourth-order valence-electron chi connectivity index (χ4n) is 1.59. The molecule has 0 heterocycles. The Kier molecular flexibility index (Phi) is 6.79. The Morgan fingerprint density at radius 3 is 2.65 bits per heavy atom. The summed E-state index contributed by atoms with van der Waals surface area (Å²) in [5.74, 6) is 0.477. The third-order valence-electron chi connectivity index (χ3n) is 2.48. The van der Waals surface area contributed by atoms with Gasteiger partial charge in [-0.3, -0.25) is 10.1 Å². The monoisotopic (exact) mass is 282 g/mol. The fraction of sp³-hybridized carbons (Fsp3) is 0.571. The number of ether oxygens (including phenoxy) is 2. The van der Waals surface area contributed by atoms with Crippen molar-refractivity contribution in [2.45, 2.75) is 33.3 Å². The highest BCUT2D eigenvalue weighted by Gasteiger charge is 2.10. The zero-order valence-corrected chi connectivity index (χ0v) is 12.2. The summed E-state index contributed by atoms with van der Waals surface area (Å²) in [6.45, 7) is 7.51. The van der Waals surface area contributed by atoms with Gasteiger partial charge in [0.1, 0.15) is 12.4 Å². The van der Waals surface area contributed by atoms with Crippen LogP contribution < -0.4 is 10.1 Å². The quantitative estimate of drug-likeness (QED) is 0.427. The number of nitrogens with zero attached hydrogens (tertiary/aromatic N) is 1. The van der Waals surface area contributed by atoms with Gasteiger partial charge in [0.2, 0.25) is 0 Å². The van der Waals surface area contributed by atoms with Crippen LogP contribution in [0.15, 0.2) is 18.2 Å². The number of nitrogens with one attached hydrogen (secondary N) is 1. The number of anilines is 1. The summed E-state index contributed by atoms with van der Waals surface area (Å²) in [7, 11) is 0. The topological polar surface area (TPSA) is 73.6 Å². The summed E-state index contributed by atoms with van der Waals surface area (Å²) < 4.78 is 10.9. The smallest absolute Gasteiger partial charge is 0.275 e. The molecule has 0 atom stereocenters. The van der Waals surface area contributed by atoms with Gasteiger partial charge in [0, 0.05) is 24.4 Å². The maximum Gasteiger partial charge on any atom is 0.275 e. The molecule has 1 aromatic rings. The van der Waals surface area contributed by atoms with Gasteiger partial charge in [0.15, 0.2) is 0 Å². The van der Waals surface area contributed by atoms with Gasteiger partial charge in [-0.2, -0.15) is 0 Å². The van der Waals surface area contributed by atoms with Crippen molar-refractivity contribution < 1.29 is 14.4 Å². The van der Waals surface area contributed by atoms with E-state index in [1.807, 2.05) is 20.8 Å². The van der Waals surface area contributed by atoms with Gasteiger partial charge >= 0.3 is 0 Å². The maximum atomic E-state index is 10.9. The van der Waals surface area contributed by atoms with Crippen molar-refractivity contribution in [2.24, 2.45) is 0 Å². The second-order valence-electron chi connectivity index (χ2n) is 4.67. The van der Waals surface area contributed by atoms with E-state index in [4.69, 9.17) is 9.47 Å². The lowest BCUT2D eigenvalue weighted by Crippen LogP contribution is -2.11. The third kappa shape index (κ3) is 5.88. The third-order valence-corrected chi connectivity index (χ3v) is 2.48.